The summed E-state index contributed by atoms with van der Waals surface area (Å²) in [5.74, 6) is -3.68. The number of aliphatic carboxylic acids is 1. The maximum absolute atomic E-state index is 11.4. The lowest BCUT2D eigenvalue weighted by Crippen LogP contribution is -2.13. The Hall–Kier alpha value is -3.39. The van der Waals surface area contributed by atoms with Crippen molar-refractivity contribution in [2.24, 2.45) is 0 Å². The second-order valence-corrected chi connectivity index (χ2v) is 3.82. The van der Waals surface area contributed by atoms with Gasteiger partial charge in [-0.3, -0.25) is 9.59 Å². The van der Waals surface area contributed by atoms with E-state index in [-0.39, 0.29) is 22.3 Å². The molecular formula is C12H6N4O4. The number of fused-ring (bicyclic) bond motifs is 1. The van der Waals surface area contributed by atoms with Crippen LogP contribution in [0, 0.1) is 22.7 Å². The highest BCUT2D eigenvalue weighted by Gasteiger charge is 2.22. The van der Waals surface area contributed by atoms with E-state index in [1.807, 2.05) is 0 Å². The van der Waals surface area contributed by atoms with Gasteiger partial charge < -0.3 is 15.2 Å². The Bertz CT molecular complexity index is 857. The molecule has 0 aliphatic carbocycles. The predicted molar refractivity (Wildman–Crippen MR) is 64.7 cm³/mol. The molecule has 8 heteroatoms. The van der Waals surface area contributed by atoms with Gasteiger partial charge in [0, 0.05) is 0 Å². The first-order valence-corrected chi connectivity index (χ1v) is 5.28. The van der Waals surface area contributed by atoms with E-state index in [1.54, 1.807) is 12.1 Å². The van der Waals surface area contributed by atoms with Crippen molar-refractivity contribution in [2.45, 2.75) is 5.92 Å². The summed E-state index contributed by atoms with van der Waals surface area (Å²) < 4.78 is 0. The van der Waals surface area contributed by atoms with Crippen molar-refractivity contribution >= 4 is 17.0 Å². The van der Waals surface area contributed by atoms with Gasteiger partial charge in [0.2, 0.25) is 5.75 Å². The van der Waals surface area contributed by atoms with E-state index in [4.69, 9.17) is 15.6 Å². The lowest BCUT2D eigenvalue weighted by molar-refractivity contribution is -0.137. The summed E-state index contributed by atoms with van der Waals surface area (Å²) in [6, 6.07) is 5.78. The number of H-pyrrole nitrogens is 1. The van der Waals surface area contributed by atoms with Crippen LogP contribution in [-0.2, 0) is 4.79 Å². The van der Waals surface area contributed by atoms with Crippen molar-refractivity contribution in [3.8, 4) is 17.9 Å². The highest BCUT2D eigenvalue weighted by Crippen LogP contribution is 2.22. The zero-order valence-electron chi connectivity index (χ0n) is 9.78. The van der Waals surface area contributed by atoms with Crippen LogP contribution in [0.15, 0.2) is 16.9 Å². The van der Waals surface area contributed by atoms with Crippen LogP contribution in [0.2, 0.25) is 0 Å². The minimum absolute atomic E-state index is 0.0661. The van der Waals surface area contributed by atoms with E-state index in [1.165, 1.54) is 12.1 Å². The molecule has 1 unspecified atom stereocenters. The second-order valence-electron chi connectivity index (χ2n) is 3.82. The number of nitrogens with one attached hydrogen (secondary N) is 1. The van der Waals surface area contributed by atoms with Crippen molar-refractivity contribution < 1.29 is 15.0 Å². The fraction of sp³-hybridized carbons (Fsp3) is 0.0833. The summed E-state index contributed by atoms with van der Waals surface area (Å²) in [6.45, 7) is 0. The van der Waals surface area contributed by atoms with Gasteiger partial charge in [-0.05, 0) is 12.1 Å². The van der Waals surface area contributed by atoms with Gasteiger partial charge in [0.1, 0.15) is 17.1 Å². The van der Waals surface area contributed by atoms with Crippen LogP contribution in [0.3, 0.4) is 0 Å². The van der Waals surface area contributed by atoms with E-state index in [2.05, 4.69) is 9.97 Å². The molecule has 3 N–H and O–H groups in total. The summed E-state index contributed by atoms with van der Waals surface area (Å²) in [5, 5.41) is 36.1. The number of aromatic hydroxyl groups is 1. The van der Waals surface area contributed by atoms with Crippen LogP contribution < -0.4 is 5.56 Å². The Kier molecular flexibility index (Phi) is 3.07. The Morgan fingerprint density at radius 3 is 2.65 bits per heavy atom. The van der Waals surface area contributed by atoms with Crippen molar-refractivity contribution in [1.82, 2.24) is 9.97 Å². The average molecular weight is 270 g/mol. The number of carbonyl (C=O) groups is 1. The number of rotatable bonds is 2. The third kappa shape index (κ3) is 1.91. The Labute approximate surface area is 111 Å². The van der Waals surface area contributed by atoms with Crippen molar-refractivity contribution in [3.63, 3.8) is 0 Å². The molecule has 1 atom stereocenters. The summed E-state index contributed by atoms with van der Waals surface area (Å²) >= 11 is 0. The number of aromatic nitrogens is 2. The monoisotopic (exact) mass is 270 g/mol. The average Bonchev–Trinajstić information content (AvgIpc) is 2.41. The summed E-state index contributed by atoms with van der Waals surface area (Å²) in [5.41, 5.74) is -1.21. The molecular weight excluding hydrogens is 264 g/mol. The van der Waals surface area contributed by atoms with Gasteiger partial charge in [-0.2, -0.15) is 10.5 Å². The largest absolute Gasteiger partial charge is 0.502 e. The first kappa shape index (κ1) is 13.1. The van der Waals surface area contributed by atoms with Crippen molar-refractivity contribution in [2.75, 3.05) is 0 Å². The van der Waals surface area contributed by atoms with E-state index in [0.29, 0.717) is 0 Å². The molecule has 0 radical (unpaired) electrons. The smallest absolute Gasteiger partial charge is 0.327 e. The number of carboxylic acids is 1. The number of carboxylic acid groups (broad SMARTS) is 1. The molecule has 98 valence electrons. The fourth-order valence-electron chi connectivity index (χ4n) is 1.69. The third-order valence-corrected chi connectivity index (χ3v) is 2.64. The standard InChI is InChI=1S/C12H6N4O4/c13-3-5(12(19)20)7-1-2-8-9(15-7)6(4-14)10(17)11(18)16-8/h1-2,5,17H,(H,16,18)(H,19,20). The molecule has 0 aromatic carbocycles. The molecule has 20 heavy (non-hydrogen) atoms. The van der Waals surface area contributed by atoms with Crippen LogP contribution in [0.4, 0.5) is 0 Å². The Morgan fingerprint density at radius 1 is 1.40 bits per heavy atom. The molecule has 2 aromatic rings. The number of pyridine rings is 2. The third-order valence-electron chi connectivity index (χ3n) is 2.64. The molecule has 2 aromatic heterocycles. The number of nitrogens with zero attached hydrogens (tertiary/aromatic N) is 3. The van der Waals surface area contributed by atoms with Gasteiger partial charge in [-0.1, -0.05) is 0 Å². The highest BCUT2D eigenvalue weighted by molar-refractivity contribution is 5.85. The van der Waals surface area contributed by atoms with Crippen LogP contribution in [0.5, 0.6) is 5.75 Å². The molecule has 2 rings (SSSR count). The second kappa shape index (κ2) is 4.71. The molecule has 0 spiro atoms. The maximum atomic E-state index is 11.4. The Balaban J connectivity index is 2.81. The zero-order valence-corrected chi connectivity index (χ0v) is 9.78. The van der Waals surface area contributed by atoms with Crippen LogP contribution >= 0.6 is 0 Å². The SMILES string of the molecule is N#Cc1c(O)c(=O)[nH]c2ccc(C(C#N)C(=O)O)nc12. The molecule has 0 amide bonds. The summed E-state index contributed by atoms with van der Waals surface area (Å²) in [6.07, 6.45) is 0. The zero-order chi connectivity index (χ0) is 14.9. The van der Waals surface area contributed by atoms with Crippen molar-refractivity contribution in [1.29, 1.82) is 10.5 Å². The summed E-state index contributed by atoms with van der Waals surface area (Å²) in [4.78, 5) is 28.5. The van der Waals surface area contributed by atoms with E-state index < -0.39 is 23.2 Å². The molecule has 0 saturated heterocycles. The topological polar surface area (TPSA) is 151 Å². The van der Waals surface area contributed by atoms with Gasteiger partial charge in [0.05, 0.1) is 17.3 Å². The normalized spacial score (nSPS) is 11.5. The molecule has 0 aliphatic heterocycles. The Morgan fingerprint density at radius 2 is 2.10 bits per heavy atom. The first-order chi connectivity index (χ1) is 9.49. The predicted octanol–water partition coefficient (Wildman–Crippen LogP) is 0.192. The summed E-state index contributed by atoms with van der Waals surface area (Å²) in [7, 11) is 0. The van der Waals surface area contributed by atoms with Gasteiger partial charge >= 0.3 is 5.97 Å². The number of hydrogen-bond donors (Lipinski definition) is 3. The number of hydrogen-bond acceptors (Lipinski definition) is 6. The maximum Gasteiger partial charge on any atom is 0.327 e. The minimum Gasteiger partial charge on any atom is -0.502 e. The van der Waals surface area contributed by atoms with Crippen molar-refractivity contribution in [3.05, 3.63) is 33.7 Å². The van der Waals surface area contributed by atoms with Gasteiger partial charge in [-0.25, -0.2) is 4.98 Å². The highest BCUT2D eigenvalue weighted by atomic mass is 16.4. The molecule has 8 nitrogen and oxygen atoms in total. The molecule has 0 fully saturated rings. The van der Waals surface area contributed by atoms with E-state index >= 15 is 0 Å². The number of nitriles is 2. The lowest BCUT2D eigenvalue weighted by atomic mass is 10.1. The fourth-order valence-corrected chi connectivity index (χ4v) is 1.69. The van der Waals surface area contributed by atoms with E-state index in [9.17, 15) is 14.7 Å². The van der Waals surface area contributed by atoms with E-state index in [0.717, 1.165) is 0 Å². The number of aromatic amines is 1. The molecule has 2 heterocycles. The van der Waals surface area contributed by atoms with Gasteiger partial charge in [0.25, 0.3) is 5.56 Å². The van der Waals surface area contributed by atoms with Gasteiger partial charge in [-0.15, -0.1) is 0 Å². The quantitative estimate of drug-likeness (QED) is 0.704. The molecule has 0 bridgehead atoms. The molecule has 0 aliphatic rings. The van der Waals surface area contributed by atoms with Crippen LogP contribution in [0.1, 0.15) is 17.2 Å². The molecule has 0 saturated carbocycles. The van der Waals surface area contributed by atoms with Crippen LogP contribution in [-0.4, -0.2) is 26.2 Å². The lowest BCUT2D eigenvalue weighted by Gasteiger charge is -2.06. The first-order valence-electron chi connectivity index (χ1n) is 5.28. The van der Waals surface area contributed by atoms with Crippen LogP contribution in [0.25, 0.3) is 11.0 Å². The minimum atomic E-state index is -1.50. The van der Waals surface area contributed by atoms with Gasteiger partial charge in [0.15, 0.2) is 5.92 Å².